The van der Waals surface area contributed by atoms with Crippen molar-refractivity contribution in [2.24, 2.45) is 0 Å². The third kappa shape index (κ3) is 4.60. The van der Waals surface area contributed by atoms with Crippen LogP contribution in [0.1, 0.15) is 30.0 Å². The molecule has 29 heavy (non-hydrogen) atoms. The Kier molecular flexibility index (Phi) is 5.92. The van der Waals surface area contributed by atoms with Crippen molar-refractivity contribution in [1.29, 1.82) is 0 Å². The number of aromatic nitrogens is 1. The molecule has 0 aliphatic carbocycles. The van der Waals surface area contributed by atoms with Crippen LogP contribution >= 0.6 is 0 Å². The zero-order valence-electron chi connectivity index (χ0n) is 16.3. The molecule has 0 spiro atoms. The van der Waals surface area contributed by atoms with Crippen LogP contribution in [0.15, 0.2) is 46.9 Å². The number of esters is 1. The molecule has 3 aromatic rings. The summed E-state index contributed by atoms with van der Waals surface area (Å²) < 4.78 is 10.9. The molecule has 2 heterocycles. The van der Waals surface area contributed by atoms with Gasteiger partial charge in [0.25, 0.3) is 5.91 Å². The smallest absolute Gasteiger partial charge is 0.339 e. The van der Waals surface area contributed by atoms with E-state index in [-0.39, 0.29) is 5.56 Å². The number of carbonyl (C=O) groups is 3. The molecule has 0 fully saturated rings. The first kappa shape index (κ1) is 20.1. The predicted molar refractivity (Wildman–Crippen MR) is 106 cm³/mol. The molecule has 8 heteroatoms. The van der Waals surface area contributed by atoms with E-state index < -0.39 is 24.0 Å². The molecule has 1 aromatic carbocycles. The van der Waals surface area contributed by atoms with E-state index in [4.69, 9.17) is 9.15 Å². The van der Waals surface area contributed by atoms with Gasteiger partial charge in [-0.3, -0.25) is 10.1 Å². The summed E-state index contributed by atoms with van der Waals surface area (Å²) in [4.78, 5) is 40.9. The molecular formula is C21H21N3O5. The first-order chi connectivity index (χ1) is 13.9. The second-order valence-corrected chi connectivity index (χ2v) is 6.38. The first-order valence-electron chi connectivity index (χ1n) is 9.15. The van der Waals surface area contributed by atoms with Crippen LogP contribution in [-0.4, -0.2) is 35.5 Å². The third-order valence-electron chi connectivity index (χ3n) is 4.16. The number of pyridine rings is 1. The van der Waals surface area contributed by atoms with Crippen LogP contribution in [0.3, 0.4) is 0 Å². The summed E-state index contributed by atoms with van der Waals surface area (Å²) in [6.07, 6.45) is -1.16. The predicted octanol–water partition coefficient (Wildman–Crippen LogP) is 3.19. The van der Waals surface area contributed by atoms with Gasteiger partial charge in [0.15, 0.2) is 11.9 Å². The van der Waals surface area contributed by atoms with E-state index in [0.29, 0.717) is 28.9 Å². The van der Waals surface area contributed by atoms with Crippen molar-refractivity contribution in [3.8, 4) is 11.5 Å². The highest BCUT2D eigenvalue weighted by Crippen LogP contribution is 2.27. The minimum Gasteiger partial charge on any atom is -0.460 e. The number of aryl methyl sites for hydroxylation is 1. The van der Waals surface area contributed by atoms with E-state index in [1.165, 1.54) is 6.92 Å². The Labute approximate surface area is 167 Å². The summed E-state index contributed by atoms with van der Waals surface area (Å²) in [5.74, 6) is -0.185. The largest absolute Gasteiger partial charge is 0.460 e. The Morgan fingerprint density at radius 3 is 2.62 bits per heavy atom. The lowest BCUT2D eigenvalue weighted by Gasteiger charge is -2.14. The standard InChI is InChI=1S/C21H21N3O5/c1-4-22-21(27)24-19(25)13(3)29-20(26)15-11-17(18-10-9-12(2)28-18)23-16-8-6-5-7-14(15)16/h5-11,13H,4H2,1-3H3,(H2,22,24,25,27)/t13-/m0/s1. The van der Waals surface area contributed by atoms with Gasteiger partial charge in [0.05, 0.1) is 11.1 Å². The Morgan fingerprint density at radius 1 is 1.17 bits per heavy atom. The Hall–Kier alpha value is -3.68. The second-order valence-electron chi connectivity index (χ2n) is 6.38. The number of hydrogen-bond donors (Lipinski definition) is 2. The monoisotopic (exact) mass is 395 g/mol. The van der Waals surface area contributed by atoms with E-state index in [9.17, 15) is 14.4 Å². The van der Waals surface area contributed by atoms with E-state index in [1.807, 2.05) is 13.0 Å². The molecule has 0 radical (unpaired) electrons. The summed E-state index contributed by atoms with van der Waals surface area (Å²) in [6, 6.07) is 11.6. The fourth-order valence-corrected chi connectivity index (χ4v) is 2.74. The lowest BCUT2D eigenvalue weighted by atomic mass is 10.1. The molecule has 3 amide bonds. The second kappa shape index (κ2) is 8.55. The summed E-state index contributed by atoms with van der Waals surface area (Å²) in [5.41, 5.74) is 1.31. The van der Waals surface area contributed by atoms with Crippen LogP contribution in [0.25, 0.3) is 22.4 Å². The number of para-hydroxylation sites is 1. The highest BCUT2D eigenvalue weighted by molar-refractivity contribution is 6.05. The lowest BCUT2D eigenvalue weighted by molar-refractivity contribution is -0.127. The number of nitrogens with one attached hydrogen (secondary N) is 2. The number of furan rings is 1. The molecule has 2 aromatic heterocycles. The van der Waals surface area contributed by atoms with Gasteiger partial charge in [-0.25, -0.2) is 14.6 Å². The molecule has 150 valence electrons. The van der Waals surface area contributed by atoms with Crippen LogP contribution in [-0.2, 0) is 9.53 Å². The Morgan fingerprint density at radius 2 is 1.93 bits per heavy atom. The molecule has 0 saturated carbocycles. The summed E-state index contributed by atoms with van der Waals surface area (Å²) >= 11 is 0. The fraction of sp³-hybridized carbons (Fsp3) is 0.238. The van der Waals surface area contributed by atoms with Gasteiger partial charge in [-0.1, -0.05) is 18.2 Å². The number of rotatable bonds is 5. The molecule has 0 aliphatic heterocycles. The fourth-order valence-electron chi connectivity index (χ4n) is 2.74. The zero-order valence-corrected chi connectivity index (χ0v) is 16.3. The van der Waals surface area contributed by atoms with Gasteiger partial charge >= 0.3 is 12.0 Å². The minimum absolute atomic E-state index is 0.248. The number of benzene rings is 1. The number of urea groups is 1. The van der Waals surface area contributed by atoms with Crippen molar-refractivity contribution in [3.63, 3.8) is 0 Å². The summed E-state index contributed by atoms with van der Waals surface area (Å²) in [6.45, 7) is 5.30. The number of imide groups is 1. The van der Waals surface area contributed by atoms with E-state index in [2.05, 4.69) is 15.6 Å². The Bertz CT molecular complexity index is 1070. The summed E-state index contributed by atoms with van der Waals surface area (Å²) in [5, 5.41) is 5.14. The average Bonchev–Trinajstić information content (AvgIpc) is 3.13. The van der Waals surface area contributed by atoms with Gasteiger partial charge in [0.2, 0.25) is 0 Å². The van der Waals surface area contributed by atoms with E-state index in [0.717, 1.165) is 5.76 Å². The van der Waals surface area contributed by atoms with Crippen molar-refractivity contribution in [2.45, 2.75) is 26.9 Å². The molecule has 2 N–H and O–H groups in total. The number of nitrogens with zero attached hydrogens (tertiary/aromatic N) is 1. The van der Waals surface area contributed by atoms with Gasteiger partial charge in [0.1, 0.15) is 11.5 Å². The molecule has 0 aliphatic rings. The third-order valence-corrected chi connectivity index (χ3v) is 4.16. The molecular weight excluding hydrogens is 374 g/mol. The van der Waals surface area contributed by atoms with Gasteiger partial charge in [0, 0.05) is 11.9 Å². The van der Waals surface area contributed by atoms with Crippen LogP contribution in [0, 0.1) is 6.92 Å². The topological polar surface area (TPSA) is 111 Å². The molecule has 8 nitrogen and oxygen atoms in total. The normalized spacial score (nSPS) is 11.7. The quantitative estimate of drug-likeness (QED) is 0.642. The maximum absolute atomic E-state index is 12.8. The summed E-state index contributed by atoms with van der Waals surface area (Å²) in [7, 11) is 0. The van der Waals surface area contributed by atoms with Crippen molar-refractivity contribution in [3.05, 3.63) is 53.8 Å². The highest BCUT2D eigenvalue weighted by atomic mass is 16.5. The molecule has 1 atom stereocenters. The number of fused-ring (bicyclic) bond motifs is 1. The maximum Gasteiger partial charge on any atom is 0.339 e. The van der Waals surface area contributed by atoms with Crippen molar-refractivity contribution >= 4 is 28.8 Å². The molecule has 0 unspecified atom stereocenters. The number of carbonyl (C=O) groups excluding carboxylic acids is 3. The van der Waals surface area contributed by atoms with E-state index >= 15 is 0 Å². The minimum atomic E-state index is -1.16. The molecule has 0 saturated heterocycles. The number of hydrogen-bond acceptors (Lipinski definition) is 6. The average molecular weight is 395 g/mol. The zero-order chi connectivity index (χ0) is 21.0. The van der Waals surface area contributed by atoms with Crippen molar-refractivity contribution in [1.82, 2.24) is 15.6 Å². The lowest BCUT2D eigenvalue weighted by Crippen LogP contribution is -2.44. The van der Waals surface area contributed by atoms with Crippen molar-refractivity contribution in [2.75, 3.05) is 6.54 Å². The van der Waals surface area contributed by atoms with Gasteiger partial charge in [-0.05, 0) is 45.0 Å². The SMILES string of the molecule is CCNC(=O)NC(=O)[C@H](C)OC(=O)c1cc(-c2ccc(C)o2)nc2ccccc12. The van der Waals surface area contributed by atoms with Crippen LogP contribution in [0.5, 0.6) is 0 Å². The van der Waals surface area contributed by atoms with Crippen LogP contribution in [0.4, 0.5) is 4.79 Å². The molecule has 0 bridgehead atoms. The Balaban J connectivity index is 1.88. The van der Waals surface area contributed by atoms with E-state index in [1.54, 1.807) is 43.3 Å². The maximum atomic E-state index is 12.8. The number of amides is 3. The van der Waals surface area contributed by atoms with Gasteiger partial charge < -0.3 is 14.5 Å². The van der Waals surface area contributed by atoms with Crippen LogP contribution < -0.4 is 10.6 Å². The van der Waals surface area contributed by atoms with Gasteiger partial charge in [-0.2, -0.15) is 0 Å². The highest BCUT2D eigenvalue weighted by Gasteiger charge is 2.23. The molecule has 3 rings (SSSR count). The van der Waals surface area contributed by atoms with Crippen molar-refractivity contribution < 1.29 is 23.5 Å². The van der Waals surface area contributed by atoms with Gasteiger partial charge in [-0.15, -0.1) is 0 Å². The van der Waals surface area contributed by atoms with Crippen LogP contribution in [0.2, 0.25) is 0 Å². The number of ether oxygens (including phenoxy) is 1. The first-order valence-corrected chi connectivity index (χ1v) is 9.15.